The van der Waals surface area contributed by atoms with Gasteiger partial charge in [-0.15, -0.1) is 0 Å². The minimum atomic E-state index is -0.456. The summed E-state index contributed by atoms with van der Waals surface area (Å²) in [5.74, 6) is -1.31. The number of ether oxygens (including phenoxy) is 11. The minimum absolute atomic E-state index is 0.0248. The molecule has 0 unspecified atom stereocenters. The molecular formula is C33H58O15. The van der Waals surface area contributed by atoms with Gasteiger partial charge in [0, 0.05) is 31.4 Å². The van der Waals surface area contributed by atoms with E-state index in [2.05, 4.69) is 19.7 Å². The molecule has 1 N–H and O–H groups in total. The van der Waals surface area contributed by atoms with Crippen molar-refractivity contribution in [2.24, 2.45) is 0 Å². The number of hydrogen-bond acceptors (Lipinski definition) is 15. The van der Waals surface area contributed by atoms with E-state index >= 15 is 0 Å². The van der Waals surface area contributed by atoms with Gasteiger partial charge in [0.15, 0.2) is 0 Å². The van der Waals surface area contributed by atoms with E-state index in [4.69, 9.17) is 57.2 Å². The predicted molar refractivity (Wildman–Crippen MR) is 176 cm³/mol. The molecule has 15 nitrogen and oxygen atoms in total. The van der Waals surface area contributed by atoms with Crippen LogP contribution in [0.15, 0.2) is 38.0 Å². The second kappa shape index (κ2) is 42.3. The molecule has 0 aromatic heterocycles. The minimum Gasteiger partial charge on any atom is -0.460 e. The molecule has 0 atom stereocenters. The lowest BCUT2D eigenvalue weighted by molar-refractivity contribution is -0.140. The third kappa shape index (κ3) is 43.3. The predicted octanol–water partition coefficient (Wildman–Crippen LogP) is 1.85. The number of esters is 3. The summed E-state index contributed by atoms with van der Waals surface area (Å²) < 4.78 is 56.5. The summed E-state index contributed by atoms with van der Waals surface area (Å²) in [6, 6.07) is 0. The van der Waals surface area contributed by atoms with Gasteiger partial charge in [-0.25, -0.2) is 14.4 Å². The van der Waals surface area contributed by atoms with Crippen molar-refractivity contribution in [3.05, 3.63) is 38.0 Å². The zero-order valence-corrected chi connectivity index (χ0v) is 28.5. The molecule has 0 radical (unpaired) electrons. The van der Waals surface area contributed by atoms with Gasteiger partial charge >= 0.3 is 17.9 Å². The quantitative estimate of drug-likeness (QED) is 0.0435. The summed E-state index contributed by atoms with van der Waals surface area (Å²) >= 11 is 0. The second-order valence-electron chi connectivity index (χ2n) is 9.15. The van der Waals surface area contributed by atoms with Crippen LogP contribution in [0.2, 0.25) is 0 Å². The third-order valence-electron chi connectivity index (χ3n) is 5.34. The topological polar surface area (TPSA) is 173 Å². The number of aliphatic hydroxyl groups is 1. The molecule has 0 aromatic rings. The maximum atomic E-state index is 10.7. The Balaban J connectivity index is 0. The molecule has 15 heteroatoms. The van der Waals surface area contributed by atoms with E-state index in [1.54, 1.807) is 0 Å². The van der Waals surface area contributed by atoms with Crippen molar-refractivity contribution < 1.29 is 71.6 Å². The lowest BCUT2D eigenvalue weighted by atomic mass is 10.2. The normalized spacial score (nSPS) is 10.4. The Kier molecular flexibility index (Phi) is 41.8. The number of rotatable bonds is 36. The SMILES string of the molecule is C=CC(=O)OCCOCCCCCCOCCOC(=O)C=C.C=CC(=O)OCCOCCOCCOCCOCCOCCOCCO. The van der Waals surface area contributed by atoms with Gasteiger partial charge in [0.2, 0.25) is 0 Å². The van der Waals surface area contributed by atoms with Crippen LogP contribution in [-0.2, 0) is 66.5 Å². The van der Waals surface area contributed by atoms with Crippen molar-refractivity contribution in [2.45, 2.75) is 25.7 Å². The Bertz CT molecular complexity index is 731. The maximum absolute atomic E-state index is 10.7. The average Bonchev–Trinajstić information content (AvgIpc) is 3.10. The average molecular weight is 695 g/mol. The van der Waals surface area contributed by atoms with Crippen molar-refractivity contribution in [3.8, 4) is 0 Å². The van der Waals surface area contributed by atoms with Gasteiger partial charge < -0.3 is 57.2 Å². The Morgan fingerprint density at radius 1 is 0.354 bits per heavy atom. The number of unbranched alkanes of at least 4 members (excludes halogenated alkanes) is 3. The molecule has 280 valence electrons. The van der Waals surface area contributed by atoms with E-state index in [1.165, 1.54) is 0 Å². The molecule has 0 saturated heterocycles. The van der Waals surface area contributed by atoms with Crippen molar-refractivity contribution in [2.75, 3.05) is 132 Å². The molecular weight excluding hydrogens is 636 g/mol. The molecule has 0 aliphatic carbocycles. The van der Waals surface area contributed by atoms with Gasteiger partial charge in [0.25, 0.3) is 0 Å². The van der Waals surface area contributed by atoms with Gasteiger partial charge in [-0.2, -0.15) is 0 Å². The van der Waals surface area contributed by atoms with Crippen LogP contribution in [0.5, 0.6) is 0 Å². The molecule has 0 bridgehead atoms. The molecule has 0 aliphatic rings. The van der Waals surface area contributed by atoms with Gasteiger partial charge in [0.05, 0.1) is 99.1 Å². The molecule has 0 spiro atoms. The van der Waals surface area contributed by atoms with Crippen LogP contribution in [-0.4, -0.2) is 155 Å². The van der Waals surface area contributed by atoms with E-state index in [0.29, 0.717) is 106 Å². The van der Waals surface area contributed by atoms with Crippen molar-refractivity contribution in [1.82, 2.24) is 0 Å². The van der Waals surface area contributed by atoms with Crippen molar-refractivity contribution in [1.29, 1.82) is 0 Å². The largest absolute Gasteiger partial charge is 0.460 e. The first-order chi connectivity index (χ1) is 23.5. The van der Waals surface area contributed by atoms with Crippen LogP contribution in [0.1, 0.15) is 25.7 Å². The standard InChI is InChI=1S/C17H32O9.C16H26O6/c1-2-17(19)26-16-15-25-14-13-24-12-11-23-10-9-22-8-7-21-6-5-20-4-3-18;1-3-15(17)21-13-11-19-9-7-5-6-8-10-20-12-14-22-16(18)4-2/h2,18H,1,3-16H2;3-4H,1-2,5-14H2. The lowest BCUT2D eigenvalue weighted by Crippen LogP contribution is -2.15. The summed E-state index contributed by atoms with van der Waals surface area (Å²) in [6.45, 7) is 18.2. The Labute approximate surface area is 285 Å². The van der Waals surface area contributed by atoms with Gasteiger partial charge in [-0.05, 0) is 12.8 Å². The van der Waals surface area contributed by atoms with E-state index in [0.717, 1.165) is 43.9 Å². The monoisotopic (exact) mass is 694 g/mol. The highest BCUT2D eigenvalue weighted by Crippen LogP contribution is 2.00. The molecule has 0 aliphatic heterocycles. The van der Waals surface area contributed by atoms with E-state index in [-0.39, 0.29) is 26.4 Å². The van der Waals surface area contributed by atoms with Crippen molar-refractivity contribution >= 4 is 17.9 Å². The highest BCUT2D eigenvalue weighted by Gasteiger charge is 1.98. The first kappa shape index (κ1) is 47.4. The first-order valence-corrected chi connectivity index (χ1v) is 16.1. The number of carbonyl (C=O) groups excluding carboxylic acids is 3. The van der Waals surface area contributed by atoms with Gasteiger partial charge in [-0.3, -0.25) is 0 Å². The van der Waals surface area contributed by atoms with Crippen LogP contribution in [0.3, 0.4) is 0 Å². The molecule has 0 rings (SSSR count). The Morgan fingerprint density at radius 2 is 0.583 bits per heavy atom. The van der Waals surface area contributed by atoms with E-state index in [1.807, 2.05) is 0 Å². The highest BCUT2D eigenvalue weighted by atomic mass is 16.6. The summed E-state index contributed by atoms with van der Waals surface area (Å²) in [6.07, 6.45) is 7.41. The third-order valence-corrected chi connectivity index (χ3v) is 5.34. The lowest BCUT2D eigenvalue weighted by Gasteiger charge is -2.08. The van der Waals surface area contributed by atoms with Gasteiger partial charge in [-0.1, -0.05) is 32.6 Å². The van der Waals surface area contributed by atoms with Crippen LogP contribution in [0, 0.1) is 0 Å². The zero-order chi connectivity index (χ0) is 35.6. The number of hydrogen-bond donors (Lipinski definition) is 1. The zero-order valence-electron chi connectivity index (χ0n) is 28.5. The summed E-state index contributed by atoms with van der Waals surface area (Å²) in [5.41, 5.74) is 0. The van der Waals surface area contributed by atoms with Crippen LogP contribution in [0.25, 0.3) is 0 Å². The Hall–Kier alpha value is -2.73. The summed E-state index contributed by atoms with van der Waals surface area (Å²) in [7, 11) is 0. The number of carbonyl (C=O) groups is 3. The molecule has 0 fully saturated rings. The van der Waals surface area contributed by atoms with Crippen LogP contribution < -0.4 is 0 Å². The molecule has 0 aromatic carbocycles. The van der Waals surface area contributed by atoms with Crippen molar-refractivity contribution in [3.63, 3.8) is 0 Å². The molecule has 0 heterocycles. The Morgan fingerprint density at radius 3 is 0.833 bits per heavy atom. The molecule has 0 amide bonds. The number of aliphatic hydroxyl groups excluding tert-OH is 1. The van der Waals surface area contributed by atoms with E-state index in [9.17, 15) is 14.4 Å². The summed E-state index contributed by atoms with van der Waals surface area (Å²) in [5, 5.41) is 8.51. The second-order valence-corrected chi connectivity index (χ2v) is 9.15. The van der Waals surface area contributed by atoms with Crippen LogP contribution in [0.4, 0.5) is 0 Å². The van der Waals surface area contributed by atoms with E-state index < -0.39 is 17.9 Å². The highest BCUT2D eigenvalue weighted by molar-refractivity contribution is 5.81. The fourth-order valence-electron chi connectivity index (χ4n) is 3.01. The maximum Gasteiger partial charge on any atom is 0.330 e. The van der Waals surface area contributed by atoms with Gasteiger partial charge in [0.1, 0.15) is 19.8 Å². The fraction of sp³-hybridized carbons (Fsp3) is 0.727. The molecule has 48 heavy (non-hydrogen) atoms. The smallest absolute Gasteiger partial charge is 0.330 e. The van der Waals surface area contributed by atoms with Crippen LogP contribution >= 0.6 is 0 Å². The first-order valence-electron chi connectivity index (χ1n) is 16.1. The molecule has 0 saturated carbocycles. The summed E-state index contributed by atoms with van der Waals surface area (Å²) in [4.78, 5) is 32.2. The fourth-order valence-corrected chi connectivity index (χ4v) is 3.01.